The zero-order valence-electron chi connectivity index (χ0n) is 27.5. The van der Waals surface area contributed by atoms with E-state index in [1.54, 1.807) is 12.1 Å². The molecule has 0 aliphatic heterocycles. The number of carbonyl (C=O) groups excluding carboxylic acids is 2. The lowest BCUT2D eigenvalue weighted by Gasteiger charge is -2.28. The van der Waals surface area contributed by atoms with E-state index in [0.29, 0.717) is 24.7 Å². The zero-order valence-corrected chi connectivity index (χ0v) is 27.5. The summed E-state index contributed by atoms with van der Waals surface area (Å²) >= 11 is 0. The van der Waals surface area contributed by atoms with Crippen LogP contribution >= 0.6 is 0 Å². The van der Waals surface area contributed by atoms with Gasteiger partial charge in [0.1, 0.15) is 11.9 Å². The Morgan fingerprint density at radius 2 is 1.47 bits per heavy atom. The first-order valence-electron chi connectivity index (χ1n) is 17.5. The van der Waals surface area contributed by atoms with Gasteiger partial charge in [-0.3, -0.25) is 0 Å². The van der Waals surface area contributed by atoms with Gasteiger partial charge in [0.15, 0.2) is 17.7 Å². The first-order chi connectivity index (χ1) is 21.9. The molecule has 1 aliphatic rings. The summed E-state index contributed by atoms with van der Waals surface area (Å²) in [4.78, 5) is 24.6. The van der Waals surface area contributed by atoms with Crippen LogP contribution in [0.15, 0.2) is 42.5 Å². The fraction of sp³-hybridized carbons (Fsp3) is 0.632. The Kier molecular flexibility index (Phi) is 17.0. The van der Waals surface area contributed by atoms with Crippen LogP contribution < -0.4 is 9.47 Å². The maximum atomic E-state index is 14.6. The van der Waals surface area contributed by atoms with E-state index in [-0.39, 0.29) is 23.8 Å². The molecule has 0 unspecified atom stereocenters. The lowest BCUT2D eigenvalue weighted by Crippen LogP contribution is -2.29. The molecular formula is C38H54F2O5. The van der Waals surface area contributed by atoms with Gasteiger partial charge in [0.2, 0.25) is 0 Å². The topological polar surface area (TPSA) is 61.8 Å². The molecule has 2 aromatic carbocycles. The van der Waals surface area contributed by atoms with Crippen LogP contribution in [-0.2, 0) is 16.0 Å². The number of ether oxygens (including phenoxy) is 3. The minimum Gasteiger partial charge on any atom is -0.491 e. The Bertz CT molecular complexity index is 1130. The first-order valence-corrected chi connectivity index (χ1v) is 17.5. The van der Waals surface area contributed by atoms with E-state index >= 15 is 0 Å². The number of alkyl halides is 1. The number of esters is 2. The van der Waals surface area contributed by atoms with E-state index in [4.69, 9.17) is 14.2 Å². The molecule has 0 aromatic heterocycles. The smallest absolute Gasteiger partial charge is 0.343 e. The van der Waals surface area contributed by atoms with E-state index in [1.807, 2.05) is 19.1 Å². The Hall–Kier alpha value is -2.96. The van der Waals surface area contributed by atoms with Gasteiger partial charge in [0.05, 0.1) is 12.2 Å². The molecule has 0 heterocycles. The van der Waals surface area contributed by atoms with Crippen molar-refractivity contribution in [1.29, 1.82) is 0 Å². The third kappa shape index (κ3) is 13.9. The van der Waals surface area contributed by atoms with Gasteiger partial charge in [-0.2, -0.15) is 0 Å². The van der Waals surface area contributed by atoms with Crippen LogP contribution in [0, 0.1) is 11.7 Å². The Morgan fingerprint density at radius 3 is 2.11 bits per heavy atom. The maximum absolute atomic E-state index is 14.6. The van der Waals surface area contributed by atoms with Crippen molar-refractivity contribution in [3.8, 4) is 11.5 Å². The summed E-state index contributed by atoms with van der Waals surface area (Å²) in [6, 6.07) is 11.6. The number of halogens is 2. The highest BCUT2D eigenvalue weighted by Gasteiger charge is 2.27. The van der Waals surface area contributed by atoms with Crippen molar-refractivity contribution in [2.24, 2.45) is 5.92 Å². The molecule has 2 aromatic rings. The molecule has 1 atom stereocenters. The molecule has 0 bridgehead atoms. The number of rotatable bonds is 21. The molecule has 7 heteroatoms. The molecule has 1 aliphatic carbocycles. The minimum absolute atomic E-state index is 0.135. The Balaban J connectivity index is 1.32. The van der Waals surface area contributed by atoms with Crippen molar-refractivity contribution in [3.05, 3.63) is 59.4 Å². The van der Waals surface area contributed by atoms with Gasteiger partial charge in [0.25, 0.3) is 0 Å². The molecule has 1 saturated carbocycles. The summed E-state index contributed by atoms with van der Waals surface area (Å²) in [7, 11) is 0. The molecule has 1 fully saturated rings. The quantitative estimate of drug-likeness (QED) is 0.0782. The van der Waals surface area contributed by atoms with Crippen molar-refractivity contribution in [2.75, 3.05) is 6.61 Å². The maximum Gasteiger partial charge on any atom is 0.343 e. The van der Waals surface area contributed by atoms with E-state index in [0.717, 1.165) is 63.4 Å². The average Bonchev–Trinajstić information content (AvgIpc) is 3.05. The lowest BCUT2D eigenvalue weighted by molar-refractivity contribution is -0.157. The van der Waals surface area contributed by atoms with Gasteiger partial charge in [-0.1, -0.05) is 90.2 Å². The van der Waals surface area contributed by atoms with E-state index in [9.17, 15) is 18.4 Å². The summed E-state index contributed by atoms with van der Waals surface area (Å²) in [5.74, 6) is -0.798. The van der Waals surface area contributed by atoms with Gasteiger partial charge in [-0.05, 0) is 93.2 Å². The van der Waals surface area contributed by atoms with Crippen molar-refractivity contribution < 1.29 is 32.6 Å². The van der Waals surface area contributed by atoms with Crippen LogP contribution in [0.5, 0.6) is 11.5 Å². The predicted octanol–water partition coefficient (Wildman–Crippen LogP) is 10.5. The largest absolute Gasteiger partial charge is 0.491 e. The van der Waals surface area contributed by atoms with Crippen molar-refractivity contribution in [3.63, 3.8) is 0 Å². The standard InChI is InChI=1S/C38H54F2O5/c1-3-5-7-8-9-10-11-12-13-27-43-36-26-21-31(28-35(36)40)37(41)44-32-22-17-29(18-23-32)15-16-30-19-24-33(25-20-30)45-38(42)34(39)14-6-4-2/h17-18,21-23,26,28,30,33-34H,3-16,19-20,24-25,27H2,1-2H3/t30-,33-,34-/m0/s1. The molecular weight excluding hydrogens is 574 g/mol. The number of benzene rings is 2. The Morgan fingerprint density at radius 1 is 0.822 bits per heavy atom. The Labute approximate surface area is 269 Å². The molecule has 0 spiro atoms. The summed E-state index contributed by atoms with van der Waals surface area (Å²) in [6.07, 6.45) is 16.3. The molecule has 250 valence electrons. The third-order valence-electron chi connectivity index (χ3n) is 8.79. The van der Waals surface area contributed by atoms with Crippen LogP contribution in [0.1, 0.15) is 139 Å². The van der Waals surface area contributed by atoms with Crippen LogP contribution in [0.25, 0.3) is 0 Å². The second-order valence-corrected chi connectivity index (χ2v) is 12.6. The van der Waals surface area contributed by atoms with Gasteiger partial charge < -0.3 is 14.2 Å². The van der Waals surface area contributed by atoms with Gasteiger partial charge in [0, 0.05) is 0 Å². The number of aryl methyl sites for hydroxylation is 1. The summed E-state index contributed by atoms with van der Waals surface area (Å²) in [6.45, 7) is 4.66. The monoisotopic (exact) mass is 628 g/mol. The number of carbonyl (C=O) groups is 2. The van der Waals surface area contributed by atoms with Crippen LogP contribution in [0.2, 0.25) is 0 Å². The second-order valence-electron chi connectivity index (χ2n) is 12.6. The fourth-order valence-corrected chi connectivity index (χ4v) is 5.88. The minimum atomic E-state index is -1.51. The summed E-state index contributed by atoms with van der Waals surface area (Å²) in [5.41, 5.74) is 1.27. The highest BCUT2D eigenvalue weighted by molar-refractivity contribution is 5.91. The fourth-order valence-electron chi connectivity index (χ4n) is 5.88. The van der Waals surface area contributed by atoms with Gasteiger partial charge in [-0.15, -0.1) is 0 Å². The van der Waals surface area contributed by atoms with Gasteiger partial charge >= 0.3 is 11.9 Å². The third-order valence-corrected chi connectivity index (χ3v) is 8.79. The number of hydrogen-bond acceptors (Lipinski definition) is 5. The highest BCUT2D eigenvalue weighted by atomic mass is 19.1. The molecule has 0 N–H and O–H groups in total. The first kappa shape index (κ1) is 36.5. The van der Waals surface area contributed by atoms with Crippen molar-refractivity contribution >= 4 is 11.9 Å². The lowest BCUT2D eigenvalue weighted by atomic mass is 9.83. The highest BCUT2D eigenvalue weighted by Crippen LogP contribution is 2.30. The zero-order chi connectivity index (χ0) is 32.3. The molecule has 0 amide bonds. The van der Waals surface area contributed by atoms with E-state index in [2.05, 4.69) is 6.92 Å². The SMILES string of the molecule is CCCCCCCCCCCOc1ccc(C(=O)Oc2ccc(CC[C@H]3CC[C@H](OC(=O)[C@@H](F)CCCC)CC3)cc2)cc1F. The average molecular weight is 629 g/mol. The van der Waals surface area contributed by atoms with Crippen molar-refractivity contribution in [1.82, 2.24) is 0 Å². The number of hydrogen-bond donors (Lipinski definition) is 0. The molecule has 45 heavy (non-hydrogen) atoms. The van der Waals surface area contributed by atoms with Crippen LogP contribution in [0.3, 0.4) is 0 Å². The number of unbranched alkanes of at least 4 members (excludes halogenated alkanes) is 9. The summed E-state index contributed by atoms with van der Waals surface area (Å²) < 4.78 is 45.0. The van der Waals surface area contributed by atoms with Crippen molar-refractivity contribution in [2.45, 2.75) is 142 Å². The summed E-state index contributed by atoms with van der Waals surface area (Å²) in [5, 5.41) is 0. The molecule has 0 saturated heterocycles. The van der Waals surface area contributed by atoms with Gasteiger partial charge in [-0.25, -0.2) is 18.4 Å². The predicted molar refractivity (Wildman–Crippen MR) is 175 cm³/mol. The van der Waals surface area contributed by atoms with Crippen LogP contribution in [-0.4, -0.2) is 30.8 Å². The normalized spacial score (nSPS) is 17.1. The second kappa shape index (κ2) is 21.0. The molecule has 0 radical (unpaired) electrons. The van der Waals surface area contributed by atoms with E-state index < -0.39 is 23.9 Å². The van der Waals surface area contributed by atoms with E-state index in [1.165, 1.54) is 63.1 Å². The molecule has 5 nitrogen and oxygen atoms in total. The molecule has 3 rings (SSSR count). The van der Waals surface area contributed by atoms with Crippen LogP contribution in [0.4, 0.5) is 8.78 Å².